The van der Waals surface area contributed by atoms with Crippen molar-refractivity contribution < 1.29 is 4.74 Å². The molecular formula is C7H11N5O. The first-order valence-corrected chi connectivity index (χ1v) is 3.89. The van der Waals surface area contributed by atoms with Crippen LogP contribution >= 0.6 is 0 Å². The van der Waals surface area contributed by atoms with Crippen LogP contribution in [0, 0.1) is 0 Å². The second kappa shape index (κ2) is 2.65. The lowest BCUT2D eigenvalue weighted by atomic mass is 10.4. The smallest absolute Gasteiger partial charge is 0.244 e. The molecule has 1 aromatic rings. The van der Waals surface area contributed by atoms with E-state index in [0.29, 0.717) is 12.5 Å². The fraction of sp³-hybridized carbons (Fsp3) is 0.429. The SMILES string of the molecule is COc1nc(N)nc2c1NCN2C. The lowest BCUT2D eigenvalue weighted by molar-refractivity contribution is 0.400. The predicted octanol–water partition coefficient (Wildman–Crippen LogP) is -0.113. The quantitative estimate of drug-likeness (QED) is 0.629. The molecule has 0 bridgehead atoms. The maximum absolute atomic E-state index is 5.51. The van der Waals surface area contributed by atoms with Crippen LogP contribution in [0.4, 0.5) is 17.5 Å². The predicted molar refractivity (Wildman–Crippen MR) is 49.9 cm³/mol. The van der Waals surface area contributed by atoms with Crippen molar-refractivity contribution in [2.45, 2.75) is 0 Å². The van der Waals surface area contributed by atoms with Gasteiger partial charge in [0.2, 0.25) is 11.8 Å². The van der Waals surface area contributed by atoms with Gasteiger partial charge in [-0.1, -0.05) is 0 Å². The molecule has 3 N–H and O–H groups in total. The van der Waals surface area contributed by atoms with Crippen molar-refractivity contribution in [1.29, 1.82) is 0 Å². The summed E-state index contributed by atoms with van der Waals surface area (Å²) in [7, 11) is 3.48. The number of anilines is 3. The Kier molecular flexibility index (Phi) is 1.61. The number of hydrogen-bond donors (Lipinski definition) is 2. The molecule has 2 rings (SSSR count). The van der Waals surface area contributed by atoms with Crippen LogP contribution in [-0.2, 0) is 0 Å². The van der Waals surface area contributed by atoms with Crippen molar-refractivity contribution in [2.75, 3.05) is 36.8 Å². The normalized spacial score (nSPS) is 13.8. The van der Waals surface area contributed by atoms with Crippen molar-refractivity contribution in [3.05, 3.63) is 0 Å². The van der Waals surface area contributed by atoms with E-state index in [1.165, 1.54) is 0 Å². The van der Waals surface area contributed by atoms with Crippen molar-refractivity contribution >= 4 is 17.5 Å². The number of nitrogens with zero attached hydrogens (tertiary/aromatic N) is 3. The second-order valence-electron chi connectivity index (χ2n) is 2.82. The van der Waals surface area contributed by atoms with Gasteiger partial charge in [0.05, 0.1) is 13.8 Å². The van der Waals surface area contributed by atoms with Gasteiger partial charge in [-0.25, -0.2) is 0 Å². The highest BCUT2D eigenvalue weighted by molar-refractivity contribution is 5.76. The number of methoxy groups -OCH3 is 1. The van der Waals surface area contributed by atoms with Crippen LogP contribution in [0.2, 0.25) is 0 Å². The average molecular weight is 181 g/mol. The van der Waals surface area contributed by atoms with Gasteiger partial charge in [0.25, 0.3) is 0 Å². The number of nitrogens with two attached hydrogens (primary N) is 1. The fourth-order valence-corrected chi connectivity index (χ4v) is 1.30. The molecule has 0 atom stereocenters. The molecule has 1 aliphatic heterocycles. The Morgan fingerprint density at radius 2 is 2.31 bits per heavy atom. The number of fused-ring (bicyclic) bond motifs is 1. The minimum Gasteiger partial charge on any atom is -0.479 e. The van der Waals surface area contributed by atoms with Gasteiger partial charge in [-0.05, 0) is 0 Å². The number of nitrogen functional groups attached to an aromatic ring is 1. The van der Waals surface area contributed by atoms with E-state index in [2.05, 4.69) is 15.3 Å². The zero-order chi connectivity index (χ0) is 9.42. The summed E-state index contributed by atoms with van der Waals surface area (Å²) in [5, 5.41) is 3.12. The summed E-state index contributed by atoms with van der Waals surface area (Å²) in [5.41, 5.74) is 6.32. The van der Waals surface area contributed by atoms with E-state index in [-0.39, 0.29) is 5.95 Å². The fourth-order valence-electron chi connectivity index (χ4n) is 1.30. The Hall–Kier alpha value is -1.72. The third-order valence-electron chi connectivity index (χ3n) is 1.92. The molecule has 1 aromatic heterocycles. The largest absolute Gasteiger partial charge is 0.479 e. The van der Waals surface area contributed by atoms with Gasteiger partial charge in [-0.3, -0.25) is 0 Å². The number of ether oxygens (including phenoxy) is 1. The Balaban J connectivity index is 2.56. The van der Waals surface area contributed by atoms with Crippen LogP contribution in [0.3, 0.4) is 0 Å². The van der Waals surface area contributed by atoms with E-state index in [9.17, 15) is 0 Å². The molecule has 6 heteroatoms. The van der Waals surface area contributed by atoms with Crippen molar-refractivity contribution in [1.82, 2.24) is 9.97 Å². The molecule has 0 spiro atoms. The molecule has 70 valence electrons. The molecule has 2 heterocycles. The van der Waals surface area contributed by atoms with E-state index >= 15 is 0 Å². The van der Waals surface area contributed by atoms with Gasteiger partial charge in [0.1, 0.15) is 5.69 Å². The van der Waals surface area contributed by atoms with Gasteiger partial charge in [0, 0.05) is 7.05 Å². The van der Waals surface area contributed by atoms with Gasteiger partial charge < -0.3 is 20.7 Å². The molecule has 0 amide bonds. The van der Waals surface area contributed by atoms with E-state index in [0.717, 1.165) is 11.5 Å². The Morgan fingerprint density at radius 1 is 1.54 bits per heavy atom. The van der Waals surface area contributed by atoms with E-state index < -0.39 is 0 Å². The van der Waals surface area contributed by atoms with Crippen LogP contribution < -0.4 is 20.7 Å². The average Bonchev–Trinajstić information content (AvgIpc) is 2.47. The van der Waals surface area contributed by atoms with Gasteiger partial charge in [0.15, 0.2) is 5.82 Å². The molecule has 0 aromatic carbocycles. The topological polar surface area (TPSA) is 76.3 Å². The van der Waals surface area contributed by atoms with Crippen LogP contribution in [0.1, 0.15) is 0 Å². The monoisotopic (exact) mass is 181 g/mol. The molecule has 0 saturated heterocycles. The Bertz CT molecular complexity index is 340. The molecule has 0 radical (unpaired) electrons. The number of rotatable bonds is 1. The minimum atomic E-state index is 0.228. The van der Waals surface area contributed by atoms with Gasteiger partial charge in [-0.15, -0.1) is 0 Å². The zero-order valence-electron chi connectivity index (χ0n) is 7.53. The van der Waals surface area contributed by atoms with E-state index in [1.54, 1.807) is 7.11 Å². The number of aromatic nitrogens is 2. The van der Waals surface area contributed by atoms with Crippen molar-refractivity contribution in [3.8, 4) is 5.88 Å². The molecule has 0 saturated carbocycles. The van der Waals surface area contributed by atoms with E-state index in [1.807, 2.05) is 11.9 Å². The summed E-state index contributed by atoms with van der Waals surface area (Å²) in [4.78, 5) is 9.99. The van der Waals surface area contributed by atoms with Gasteiger partial charge >= 0.3 is 0 Å². The maximum Gasteiger partial charge on any atom is 0.244 e. The summed E-state index contributed by atoms with van der Waals surface area (Å²) >= 11 is 0. The first-order valence-electron chi connectivity index (χ1n) is 3.89. The molecule has 0 aliphatic carbocycles. The van der Waals surface area contributed by atoms with Gasteiger partial charge in [-0.2, -0.15) is 9.97 Å². The third-order valence-corrected chi connectivity index (χ3v) is 1.92. The highest BCUT2D eigenvalue weighted by atomic mass is 16.5. The Morgan fingerprint density at radius 3 is 3.00 bits per heavy atom. The minimum absolute atomic E-state index is 0.228. The third kappa shape index (κ3) is 1.10. The highest BCUT2D eigenvalue weighted by Gasteiger charge is 2.22. The summed E-state index contributed by atoms with van der Waals surface area (Å²) in [5.74, 6) is 1.50. The molecule has 6 nitrogen and oxygen atoms in total. The molecular weight excluding hydrogens is 170 g/mol. The molecule has 0 unspecified atom stereocenters. The van der Waals surface area contributed by atoms with Crippen LogP contribution in [-0.4, -0.2) is 30.8 Å². The lowest BCUT2D eigenvalue weighted by Crippen LogP contribution is -2.16. The van der Waals surface area contributed by atoms with Crippen LogP contribution in [0.25, 0.3) is 0 Å². The summed E-state index contributed by atoms with van der Waals surface area (Å²) in [6, 6.07) is 0. The summed E-state index contributed by atoms with van der Waals surface area (Å²) in [6.45, 7) is 0.698. The molecule has 0 fully saturated rings. The van der Waals surface area contributed by atoms with Crippen molar-refractivity contribution in [2.24, 2.45) is 0 Å². The molecule has 1 aliphatic rings. The Labute approximate surface area is 75.7 Å². The van der Waals surface area contributed by atoms with Crippen LogP contribution in [0.15, 0.2) is 0 Å². The van der Waals surface area contributed by atoms with Crippen molar-refractivity contribution in [3.63, 3.8) is 0 Å². The summed E-state index contributed by atoms with van der Waals surface area (Å²) < 4.78 is 5.07. The zero-order valence-corrected chi connectivity index (χ0v) is 7.53. The highest BCUT2D eigenvalue weighted by Crippen LogP contribution is 2.35. The first kappa shape index (κ1) is 7.90. The number of nitrogens with one attached hydrogen (secondary N) is 1. The summed E-state index contributed by atoms with van der Waals surface area (Å²) in [6.07, 6.45) is 0. The first-order chi connectivity index (χ1) is 6.22. The molecule has 13 heavy (non-hydrogen) atoms. The number of hydrogen-bond acceptors (Lipinski definition) is 6. The standard InChI is InChI=1S/C7H11N5O/c1-12-3-9-4-5(12)10-7(8)11-6(4)13-2/h9H,3H2,1-2H3,(H2,8,10,11). The maximum atomic E-state index is 5.51. The van der Waals surface area contributed by atoms with E-state index in [4.69, 9.17) is 10.5 Å². The second-order valence-corrected chi connectivity index (χ2v) is 2.82. The van der Waals surface area contributed by atoms with Crippen LogP contribution in [0.5, 0.6) is 5.88 Å². The lowest BCUT2D eigenvalue weighted by Gasteiger charge is -2.09.